The summed E-state index contributed by atoms with van der Waals surface area (Å²) in [6.07, 6.45) is 1.69. The van der Waals surface area contributed by atoms with Crippen LogP contribution in [0.3, 0.4) is 0 Å². The molecule has 0 saturated heterocycles. The van der Waals surface area contributed by atoms with E-state index in [0.29, 0.717) is 17.9 Å². The standard InChI is InChI=1S/C30H23N7O/c38-30(24-17-15-21(16-18-24)20-37-35-29(33-36-37)23-11-5-2-6-12-23)34-31-19-26-25-13-7-8-14-27(25)32-28(26)22-9-3-1-4-10-22/h1-19,32H,20H2,(H,34,38)/b31-19+. The van der Waals surface area contributed by atoms with Gasteiger partial charge in [-0.15, -0.1) is 10.2 Å². The van der Waals surface area contributed by atoms with Crippen molar-refractivity contribution in [3.8, 4) is 22.6 Å². The monoisotopic (exact) mass is 497 g/mol. The predicted octanol–water partition coefficient (Wildman–Crippen LogP) is 5.30. The molecule has 38 heavy (non-hydrogen) atoms. The topological polar surface area (TPSA) is 101 Å². The van der Waals surface area contributed by atoms with Crippen LogP contribution in [-0.4, -0.2) is 37.3 Å². The van der Waals surface area contributed by atoms with Crippen molar-refractivity contribution >= 4 is 23.0 Å². The fourth-order valence-corrected chi connectivity index (χ4v) is 4.29. The number of nitrogens with one attached hydrogen (secondary N) is 2. The van der Waals surface area contributed by atoms with Gasteiger partial charge in [0, 0.05) is 27.6 Å². The van der Waals surface area contributed by atoms with E-state index in [1.54, 1.807) is 18.3 Å². The summed E-state index contributed by atoms with van der Waals surface area (Å²) in [4.78, 5) is 17.8. The molecule has 0 radical (unpaired) electrons. The van der Waals surface area contributed by atoms with E-state index in [2.05, 4.69) is 30.9 Å². The molecule has 0 fully saturated rings. The number of nitrogens with zero attached hydrogens (tertiary/aromatic N) is 5. The SMILES string of the molecule is O=C(N/N=C/c1c(-c2ccccc2)[nH]c2ccccc12)c1ccc(Cn2nnc(-c3ccccc3)n2)cc1. The molecule has 2 N–H and O–H groups in total. The summed E-state index contributed by atoms with van der Waals surface area (Å²) in [5, 5.41) is 18.0. The van der Waals surface area contributed by atoms with Crippen molar-refractivity contribution in [2.75, 3.05) is 0 Å². The molecule has 8 nitrogen and oxygen atoms in total. The zero-order valence-electron chi connectivity index (χ0n) is 20.3. The lowest BCUT2D eigenvalue weighted by Crippen LogP contribution is -2.17. The van der Waals surface area contributed by atoms with Crippen LogP contribution in [-0.2, 0) is 6.54 Å². The fraction of sp³-hybridized carbons (Fsp3) is 0.0333. The first-order valence-electron chi connectivity index (χ1n) is 12.2. The highest BCUT2D eigenvalue weighted by Gasteiger charge is 2.12. The molecule has 6 rings (SSSR count). The van der Waals surface area contributed by atoms with Crippen LogP contribution in [0, 0.1) is 0 Å². The highest BCUT2D eigenvalue weighted by atomic mass is 16.2. The van der Waals surface area contributed by atoms with Gasteiger partial charge in [-0.1, -0.05) is 91.0 Å². The summed E-state index contributed by atoms with van der Waals surface area (Å²) in [6.45, 7) is 0.447. The highest BCUT2D eigenvalue weighted by Crippen LogP contribution is 2.28. The Morgan fingerprint density at radius 3 is 2.29 bits per heavy atom. The Morgan fingerprint density at radius 2 is 1.53 bits per heavy atom. The number of amides is 1. The van der Waals surface area contributed by atoms with Crippen LogP contribution >= 0.6 is 0 Å². The number of aromatic nitrogens is 5. The zero-order chi connectivity index (χ0) is 25.7. The molecule has 0 saturated carbocycles. The summed E-state index contributed by atoms with van der Waals surface area (Å²) in [5.41, 5.74) is 8.93. The van der Waals surface area contributed by atoms with Gasteiger partial charge in [0.2, 0.25) is 5.82 Å². The second-order valence-electron chi connectivity index (χ2n) is 8.73. The lowest BCUT2D eigenvalue weighted by atomic mass is 10.1. The number of carbonyl (C=O) groups excluding carboxylic acids is 1. The van der Waals surface area contributed by atoms with Crippen molar-refractivity contribution in [1.82, 2.24) is 30.6 Å². The molecule has 1 amide bonds. The van der Waals surface area contributed by atoms with E-state index in [4.69, 9.17) is 0 Å². The first-order chi connectivity index (χ1) is 18.7. The van der Waals surface area contributed by atoms with Crippen molar-refractivity contribution < 1.29 is 4.79 Å². The zero-order valence-corrected chi connectivity index (χ0v) is 20.3. The van der Waals surface area contributed by atoms with Gasteiger partial charge in [-0.3, -0.25) is 4.79 Å². The maximum atomic E-state index is 12.7. The van der Waals surface area contributed by atoms with Gasteiger partial charge >= 0.3 is 0 Å². The number of benzene rings is 4. The van der Waals surface area contributed by atoms with E-state index in [1.165, 1.54) is 4.80 Å². The first-order valence-corrected chi connectivity index (χ1v) is 12.2. The predicted molar refractivity (Wildman–Crippen MR) is 148 cm³/mol. The number of para-hydroxylation sites is 1. The second kappa shape index (κ2) is 10.3. The van der Waals surface area contributed by atoms with Crippen LogP contribution < -0.4 is 5.43 Å². The number of hydrogen-bond donors (Lipinski definition) is 2. The molecule has 2 aromatic heterocycles. The normalized spacial score (nSPS) is 11.3. The number of aromatic amines is 1. The lowest BCUT2D eigenvalue weighted by Gasteiger charge is -2.03. The second-order valence-corrected chi connectivity index (χ2v) is 8.73. The molecule has 0 bridgehead atoms. The minimum Gasteiger partial charge on any atom is -0.354 e. The molecule has 0 aliphatic carbocycles. The minimum absolute atomic E-state index is 0.292. The van der Waals surface area contributed by atoms with E-state index in [9.17, 15) is 4.79 Å². The third kappa shape index (κ3) is 4.83. The maximum Gasteiger partial charge on any atom is 0.271 e. The van der Waals surface area contributed by atoms with E-state index < -0.39 is 0 Å². The molecule has 0 unspecified atom stereocenters. The highest BCUT2D eigenvalue weighted by molar-refractivity contribution is 6.06. The number of H-pyrrole nitrogens is 1. The molecule has 0 aliphatic rings. The third-order valence-corrected chi connectivity index (χ3v) is 6.19. The van der Waals surface area contributed by atoms with Crippen molar-refractivity contribution in [3.05, 3.63) is 126 Å². The van der Waals surface area contributed by atoms with Gasteiger partial charge in [0.05, 0.1) is 18.5 Å². The van der Waals surface area contributed by atoms with Gasteiger partial charge < -0.3 is 4.98 Å². The van der Waals surface area contributed by atoms with Crippen LogP contribution in [0.25, 0.3) is 33.5 Å². The van der Waals surface area contributed by atoms with Crippen molar-refractivity contribution in [1.29, 1.82) is 0 Å². The number of tetrazole rings is 1. The van der Waals surface area contributed by atoms with Gasteiger partial charge in [0.15, 0.2) is 0 Å². The third-order valence-electron chi connectivity index (χ3n) is 6.19. The number of rotatable bonds is 7. The Morgan fingerprint density at radius 1 is 0.842 bits per heavy atom. The summed E-state index contributed by atoms with van der Waals surface area (Å²) in [5.74, 6) is 0.282. The Kier molecular flexibility index (Phi) is 6.26. The van der Waals surface area contributed by atoms with Crippen molar-refractivity contribution in [2.24, 2.45) is 5.10 Å². The summed E-state index contributed by atoms with van der Waals surface area (Å²) in [7, 11) is 0. The van der Waals surface area contributed by atoms with Crippen LogP contribution in [0.5, 0.6) is 0 Å². The van der Waals surface area contributed by atoms with Crippen molar-refractivity contribution in [3.63, 3.8) is 0 Å². The average Bonchev–Trinajstić information content (AvgIpc) is 3.59. The van der Waals surface area contributed by atoms with E-state index in [1.807, 2.05) is 97.1 Å². The Labute approximate surface area is 218 Å². The summed E-state index contributed by atoms with van der Waals surface area (Å²) < 4.78 is 0. The van der Waals surface area contributed by atoms with Crippen LogP contribution in [0.15, 0.2) is 114 Å². The van der Waals surface area contributed by atoms with Gasteiger partial charge in [-0.05, 0) is 34.5 Å². The summed E-state index contributed by atoms with van der Waals surface area (Å²) in [6, 6.07) is 35.1. The van der Waals surface area contributed by atoms with Gasteiger partial charge in [-0.2, -0.15) is 9.90 Å². The summed E-state index contributed by atoms with van der Waals surface area (Å²) >= 11 is 0. The van der Waals surface area contributed by atoms with E-state index >= 15 is 0 Å². The van der Waals surface area contributed by atoms with Crippen LogP contribution in [0.4, 0.5) is 0 Å². The number of carbonyl (C=O) groups is 1. The minimum atomic E-state index is -0.292. The largest absolute Gasteiger partial charge is 0.354 e. The number of hydrogen-bond acceptors (Lipinski definition) is 5. The molecule has 0 atom stereocenters. The Bertz CT molecular complexity index is 1720. The van der Waals surface area contributed by atoms with E-state index in [0.717, 1.165) is 38.9 Å². The Balaban J connectivity index is 1.14. The van der Waals surface area contributed by atoms with Gasteiger partial charge in [0.1, 0.15) is 0 Å². The molecule has 184 valence electrons. The van der Waals surface area contributed by atoms with E-state index in [-0.39, 0.29) is 5.91 Å². The molecule has 2 heterocycles. The first kappa shape index (κ1) is 23.1. The smallest absolute Gasteiger partial charge is 0.271 e. The molecule has 0 spiro atoms. The van der Waals surface area contributed by atoms with Crippen LogP contribution in [0.2, 0.25) is 0 Å². The maximum absolute atomic E-state index is 12.7. The number of hydrazone groups is 1. The Hall–Kier alpha value is -5.37. The van der Waals surface area contributed by atoms with Crippen LogP contribution in [0.1, 0.15) is 21.5 Å². The molecule has 8 heteroatoms. The molecule has 0 aliphatic heterocycles. The van der Waals surface area contributed by atoms with Gasteiger partial charge in [0.25, 0.3) is 5.91 Å². The lowest BCUT2D eigenvalue weighted by molar-refractivity contribution is 0.0955. The molecular weight excluding hydrogens is 474 g/mol. The van der Waals surface area contributed by atoms with Crippen molar-refractivity contribution in [2.45, 2.75) is 6.54 Å². The average molecular weight is 498 g/mol. The molecule has 4 aromatic carbocycles. The molecule has 6 aromatic rings. The fourth-order valence-electron chi connectivity index (χ4n) is 4.29. The quantitative estimate of drug-likeness (QED) is 0.231. The number of fused-ring (bicyclic) bond motifs is 1. The van der Waals surface area contributed by atoms with Gasteiger partial charge in [-0.25, -0.2) is 5.43 Å². The molecular formula is C30H23N7O.